The average molecular weight is 476 g/mol. The molecule has 1 N–H and O–H groups in total. The molecule has 9 heteroatoms. The van der Waals surface area contributed by atoms with Crippen molar-refractivity contribution in [2.45, 2.75) is 39.8 Å². The number of nitrogens with zero attached hydrogens (tertiary/aromatic N) is 2. The quantitative estimate of drug-likeness (QED) is 0.539. The highest BCUT2D eigenvalue weighted by atomic mass is 32.2. The lowest BCUT2D eigenvalue weighted by Gasteiger charge is -2.32. The number of benzene rings is 2. The zero-order valence-electron chi connectivity index (χ0n) is 19.9. The maximum absolute atomic E-state index is 13.5. The van der Waals surface area contributed by atoms with Crippen molar-refractivity contribution in [3.8, 4) is 5.75 Å². The fourth-order valence-electron chi connectivity index (χ4n) is 3.58. The van der Waals surface area contributed by atoms with Crippen LogP contribution in [0.2, 0.25) is 0 Å². The molecular formula is C24H33N3O5S. The van der Waals surface area contributed by atoms with E-state index in [0.717, 1.165) is 21.7 Å². The number of methoxy groups -OCH3 is 1. The Bertz CT molecular complexity index is 1050. The summed E-state index contributed by atoms with van der Waals surface area (Å²) in [7, 11) is -2.25. The van der Waals surface area contributed by atoms with Crippen LogP contribution in [0.1, 0.15) is 31.4 Å². The summed E-state index contributed by atoms with van der Waals surface area (Å²) in [5.74, 6) is -0.158. The van der Waals surface area contributed by atoms with Crippen molar-refractivity contribution in [2.24, 2.45) is 0 Å². The van der Waals surface area contributed by atoms with E-state index in [2.05, 4.69) is 5.32 Å². The van der Waals surface area contributed by atoms with Crippen LogP contribution < -0.4 is 14.4 Å². The summed E-state index contributed by atoms with van der Waals surface area (Å²) in [6.45, 7) is 5.79. The Morgan fingerprint density at radius 2 is 1.76 bits per heavy atom. The van der Waals surface area contributed by atoms with E-state index in [9.17, 15) is 18.0 Å². The standard InChI is InChI=1S/C24H33N3O5S/c1-6-22(24(29)25-7-2)26(16-19-10-8-9-18(3)15-19)23(28)17-27(33(5,30)31)20-11-13-21(32-4)14-12-20/h8-15,22H,6-7,16-17H2,1-5H3,(H,25,29)/t22-/m1/s1. The molecule has 2 aromatic rings. The average Bonchev–Trinajstić information content (AvgIpc) is 2.76. The Hall–Kier alpha value is -3.07. The molecular weight excluding hydrogens is 442 g/mol. The number of hydrogen-bond acceptors (Lipinski definition) is 5. The third-order valence-corrected chi connectivity index (χ3v) is 6.35. The van der Waals surface area contributed by atoms with Gasteiger partial charge < -0.3 is 15.0 Å². The number of nitrogens with one attached hydrogen (secondary N) is 1. The number of ether oxygens (including phenoxy) is 1. The van der Waals surface area contributed by atoms with Crippen molar-refractivity contribution in [3.63, 3.8) is 0 Å². The zero-order valence-corrected chi connectivity index (χ0v) is 20.7. The number of amides is 2. The SMILES string of the molecule is CCNC(=O)[C@@H](CC)N(Cc1cccc(C)c1)C(=O)CN(c1ccc(OC)cc1)S(C)(=O)=O. The third-order valence-electron chi connectivity index (χ3n) is 5.21. The molecule has 2 aromatic carbocycles. The zero-order chi connectivity index (χ0) is 24.6. The number of carbonyl (C=O) groups excluding carboxylic acids is 2. The lowest BCUT2D eigenvalue weighted by Crippen LogP contribution is -2.52. The first-order chi connectivity index (χ1) is 15.6. The van der Waals surface area contributed by atoms with Crippen molar-refractivity contribution in [1.82, 2.24) is 10.2 Å². The van der Waals surface area contributed by atoms with Gasteiger partial charge in [0.1, 0.15) is 18.3 Å². The van der Waals surface area contributed by atoms with Crippen LogP contribution in [-0.2, 0) is 26.2 Å². The highest BCUT2D eigenvalue weighted by Gasteiger charge is 2.31. The Labute approximate surface area is 196 Å². The van der Waals surface area contributed by atoms with Crippen LogP contribution in [0.3, 0.4) is 0 Å². The lowest BCUT2D eigenvalue weighted by molar-refractivity contribution is -0.140. The smallest absolute Gasteiger partial charge is 0.244 e. The maximum Gasteiger partial charge on any atom is 0.244 e. The number of carbonyl (C=O) groups is 2. The van der Waals surface area contributed by atoms with Crippen LogP contribution in [0.5, 0.6) is 5.75 Å². The minimum absolute atomic E-state index is 0.191. The van der Waals surface area contributed by atoms with Gasteiger partial charge in [-0.3, -0.25) is 13.9 Å². The monoisotopic (exact) mass is 475 g/mol. The van der Waals surface area contributed by atoms with Crippen molar-refractivity contribution in [3.05, 3.63) is 59.7 Å². The van der Waals surface area contributed by atoms with Gasteiger partial charge in [0.05, 0.1) is 19.1 Å². The second kappa shape index (κ2) is 11.7. The molecule has 2 rings (SSSR count). The summed E-state index contributed by atoms with van der Waals surface area (Å²) >= 11 is 0. The van der Waals surface area contributed by atoms with Crippen molar-refractivity contribution >= 4 is 27.5 Å². The molecule has 0 spiro atoms. The molecule has 2 amide bonds. The number of rotatable bonds is 11. The number of likely N-dealkylation sites (N-methyl/N-ethyl adjacent to an activating group) is 1. The summed E-state index contributed by atoms with van der Waals surface area (Å²) < 4.78 is 31.3. The van der Waals surface area contributed by atoms with Gasteiger partial charge in [-0.2, -0.15) is 0 Å². The third kappa shape index (κ3) is 7.21. The van der Waals surface area contributed by atoms with E-state index in [1.165, 1.54) is 12.0 Å². The second-order valence-corrected chi connectivity index (χ2v) is 9.70. The summed E-state index contributed by atoms with van der Waals surface area (Å²) in [4.78, 5) is 27.7. The normalized spacial score (nSPS) is 12.0. The lowest BCUT2D eigenvalue weighted by atomic mass is 10.1. The van der Waals surface area contributed by atoms with Crippen LogP contribution >= 0.6 is 0 Å². The number of aryl methyl sites for hydroxylation is 1. The first-order valence-electron chi connectivity index (χ1n) is 10.8. The Kier molecular flexibility index (Phi) is 9.28. The molecule has 0 fully saturated rings. The number of anilines is 1. The van der Waals surface area contributed by atoms with E-state index in [-0.39, 0.29) is 12.5 Å². The van der Waals surface area contributed by atoms with E-state index < -0.39 is 28.5 Å². The fourth-order valence-corrected chi connectivity index (χ4v) is 4.43. The second-order valence-electron chi connectivity index (χ2n) is 7.80. The van der Waals surface area contributed by atoms with Gasteiger partial charge in [0, 0.05) is 13.1 Å². The Morgan fingerprint density at radius 1 is 1.09 bits per heavy atom. The largest absolute Gasteiger partial charge is 0.497 e. The molecule has 180 valence electrons. The van der Waals surface area contributed by atoms with Crippen LogP contribution in [0.4, 0.5) is 5.69 Å². The maximum atomic E-state index is 13.5. The Balaban J connectivity index is 2.41. The van der Waals surface area contributed by atoms with Gasteiger partial charge in [0.25, 0.3) is 0 Å². The molecule has 0 aliphatic carbocycles. The molecule has 1 atom stereocenters. The van der Waals surface area contributed by atoms with E-state index in [1.807, 2.05) is 45.0 Å². The number of sulfonamides is 1. The summed E-state index contributed by atoms with van der Waals surface area (Å²) in [6.07, 6.45) is 1.45. The molecule has 0 bridgehead atoms. The highest BCUT2D eigenvalue weighted by Crippen LogP contribution is 2.22. The van der Waals surface area contributed by atoms with Gasteiger partial charge in [-0.15, -0.1) is 0 Å². The minimum Gasteiger partial charge on any atom is -0.497 e. The first kappa shape index (κ1) is 26.2. The van der Waals surface area contributed by atoms with Crippen molar-refractivity contribution in [1.29, 1.82) is 0 Å². The summed E-state index contributed by atoms with van der Waals surface area (Å²) in [6, 6.07) is 13.4. The fraction of sp³-hybridized carbons (Fsp3) is 0.417. The predicted octanol–water partition coefficient (Wildman–Crippen LogP) is 2.71. The van der Waals surface area contributed by atoms with Gasteiger partial charge in [-0.05, 0) is 50.1 Å². The molecule has 0 radical (unpaired) electrons. The van der Waals surface area contributed by atoms with Crippen molar-refractivity contribution in [2.75, 3.05) is 30.8 Å². The van der Waals surface area contributed by atoms with Crippen LogP contribution in [0.25, 0.3) is 0 Å². The number of hydrogen-bond donors (Lipinski definition) is 1. The summed E-state index contributed by atoms with van der Waals surface area (Å²) in [5, 5.41) is 2.78. The highest BCUT2D eigenvalue weighted by molar-refractivity contribution is 7.92. The van der Waals surface area contributed by atoms with Gasteiger partial charge in [0.15, 0.2) is 0 Å². The van der Waals surface area contributed by atoms with E-state index in [1.54, 1.807) is 24.3 Å². The predicted molar refractivity (Wildman–Crippen MR) is 130 cm³/mol. The molecule has 33 heavy (non-hydrogen) atoms. The topological polar surface area (TPSA) is 96.0 Å². The molecule has 0 aromatic heterocycles. The van der Waals surface area contributed by atoms with Gasteiger partial charge in [0.2, 0.25) is 21.8 Å². The molecule has 0 unspecified atom stereocenters. The van der Waals surface area contributed by atoms with Crippen molar-refractivity contribution < 1.29 is 22.7 Å². The first-order valence-corrected chi connectivity index (χ1v) is 12.7. The van der Waals surface area contributed by atoms with Crippen LogP contribution in [-0.4, -0.2) is 57.6 Å². The van der Waals surface area contributed by atoms with Gasteiger partial charge >= 0.3 is 0 Å². The minimum atomic E-state index is -3.76. The van der Waals surface area contributed by atoms with E-state index in [4.69, 9.17) is 4.74 Å². The van der Waals surface area contributed by atoms with E-state index in [0.29, 0.717) is 24.4 Å². The van der Waals surface area contributed by atoms with Gasteiger partial charge in [-0.25, -0.2) is 8.42 Å². The molecule has 0 heterocycles. The van der Waals surface area contributed by atoms with Gasteiger partial charge in [-0.1, -0.05) is 36.8 Å². The molecule has 8 nitrogen and oxygen atoms in total. The van der Waals surface area contributed by atoms with Crippen LogP contribution in [0.15, 0.2) is 48.5 Å². The van der Waals surface area contributed by atoms with E-state index >= 15 is 0 Å². The Morgan fingerprint density at radius 3 is 2.27 bits per heavy atom. The molecule has 0 saturated carbocycles. The molecule has 0 saturated heterocycles. The molecule has 0 aliphatic rings. The van der Waals surface area contributed by atoms with Crippen LogP contribution in [0, 0.1) is 6.92 Å². The molecule has 0 aliphatic heterocycles. The summed E-state index contributed by atoms with van der Waals surface area (Å²) in [5.41, 5.74) is 2.23.